The van der Waals surface area contributed by atoms with Crippen molar-refractivity contribution in [3.63, 3.8) is 0 Å². The van der Waals surface area contributed by atoms with Crippen molar-refractivity contribution in [2.24, 2.45) is 4.99 Å². The van der Waals surface area contributed by atoms with E-state index in [-0.39, 0.29) is 5.82 Å². The molecule has 0 spiro atoms. The SMILES string of the molecule is CCNC(=NCCc1nc(C)c(C)s1)NCCc1ccc(F)cc1. The smallest absolute Gasteiger partial charge is 0.191 e. The monoisotopic (exact) mass is 348 g/mol. The number of nitrogens with zero attached hydrogens (tertiary/aromatic N) is 2. The third-order valence-corrected chi connectivity index (χ3v) is 4.76. The Morgan fingerprint density at radius 2 is 1.92 bits per heavy atom. The van der Waals surface area contributed by atoms with Crippen LogP contribution in [0.15, 0.2) is 29.3 Å². The first-order chi connectivity index (χ1) is 11.6. The predicted molar refractivity (Wildman–Crippen MR) is 99.4 cm³/mol. The number of hydrogen-bond acceptors (Lipinski definition) is 3. The van der Waals surface area contributed by atoms with Gasteiger partial charge in [-0.25, -0.2) is 9.37 Å². The first-order valence-electron chi connectivity index (χ1n) is 8.28. The maximum Gasteiger partial charge on any atom is 0.191 e. The van der Waals surface area contributed by atoms with Crippen molar-refractivity contribution in [3.8, 4) is 0 Å². The number of aliphatic imine (C=N–C) groups is 1. The topological polar surface area (TPSA) is 49.3 Å². The zero-order valence-electron chi connectivity index (χ0n) is 14.5. The second-order valence-corrected chi connectivity index (χ2v) is 6.85. The van der Waals surface area contributed by atoms with Crippen molar-refractivity contribution in [1.29, 1.82) is 0 Å². The lowest BCUT2D eigenvalue weighted by atomic mass is 10.1. The molecule has 1 aromatic carbocycles. The Balaban J connectivity index is 1.80. The summed E-state index contributed by atoms with van der Waals surface area (Å²) in [5, 5.41) is 7.69. The van der Waals surface area contributed by atoms with Crippen molar-refractivity contribution < 1.29 is 4.39 Å². The molecule has 2 aromatic rings. The van der Waals surface area contributed by atoms with Gasteiger partial charge in [0.15, 0.2) is 5.96 Å². The van der Waals surface area contributed by atoms with Gasteiger partial charge in [0.2, 0.25) is 0 Å². The number of nitrogens with one attached hydrogen (secondary N) is 2. The quantitative estimate of drug-likeness (QED) is 0.596. The third-order valence-electron chi connectivity index (χ3n) is 3.63. The van der Waals surface area contributed by atoms with Crippen LogP contribution in [0, 0.1) is 19.7 Å². The number of benzene rings is 1. The van der Waals surface area contributed by atoms with E-state index in [9.17, 15) is 4.39 Å². The molecule has 0 unspecified atom stereocenters. The molecule has 2 rings (SSSR count). The van der Waals surface area contributed by atoms with Crippen LogP contribution in [-0.2, 0) is 12.8 Å². The molecule has 0 amide bonds. The van der Waals surface area contributed by atoms with Gasteiger partial charge in [-0.2, -0.15) is 0 Å². The van der Waals surface area contributed by atoms with Crippen LogP contribution in [0.1, 0.15) is 28.1 Å². The summed E-state index contributed by atoms with van der Waals surface area (Å²) < 4.78 is 12.9. The number of halogens is 1. The lowest BCUT2D eigenvalue weighted by Crippen LogP contribution is -2.38. The Bertz CT molecular complexity index is 645. The van der Waals surface area contributed by atoms with E-state index in [1.165, 1.54) is 17.0 Å². The minimum absolute atomic E-state index is 0.200. The lowest BCUT2D eigenvalue weighted by Gasteiger charge is -2.11. The van der Waals surface area contributed by atoms with E-state index in [1.54, 1.807) is 11.3 Å². The zero-order chi connectivity index (χ0) is 17.4. The maximum atomic E-state index is 12.9. The molecule has 0 fully saturated rings. The molecule has 1 heterocycles. The van der Waals surface area contributed by atoms with Gasteiger partial charge in [-0.05, 0) is 44.9 Å². The summed E-state index contributed by atoms with van der Waals surface area (Å²) in [6.45, 7) is 8.47. The number of aromatic nitrogens is 1. The summed E-state index contributed by atoms with van der Waals surface area (Å²) in [4.78, 5) is 10.4. The second kappa shape index (κ2) is 9.37. The van der Waals surface area contributed by atoms with E-state index in [0.717, 1.165) is 48.2 Å². The van der Waals surface area contributed by atoms with E-state index in [1.807, 2.05) is 26.0 Å². The highest BCUT2D eigenvalue weighted by Gasteiger charge is 2.03. The van der Waals surface area contributed by atoms with Crippen LogP contribution < -0.4 is 10.6 Å². The molecule has 0 bridgehead atoms. The van der Waals surface area contributed by atoms with Gasteiger partial charge >= 0.3 is 0 Å². The van der Waals surface area contributed by atoms with Crippen LogP contribution in [0.25, 0.3) is 0 Å². The van der Waals surface area contributed by atoms with Crippen LogP contribution in [-0.4, -0.2) is 30.6 Å². The van der Waals surface area contributed by atoms with E-state index in [2.05, 4.69) is 27.5 Å². The van der Waals surface area contributed by atoms with Crippen molar-refractivity contribution in [2.75, 3.05) is 19.6 Å². The van der Waals surface area contributed by atoms with Crippen molar-refractivity contribution in [3.05, 3.63) is 51.2 Å². The Kier molecular flexibility index (Phi) is 7.18. The molecule has 0 radical (unpaired) electrons. The second-order valence-electron chi connectivity index (χ2n) is 5.56. The number of guanidine groups is 1. The van der Waals surface area contributed by atoms with Gasteiger partial charge in [-0.1, -0.05) is 12.1 Å². The fourth-order valence-electron chi connectivity index (χ4n) is 2.23. The van der Waals surface area contributed by atoms with Gasteiger partial charge in [0, 0.05) is 30.9 Å². The molecule has 0 saturated carbocycles. The fraction of sp³-hybridized carbons (Fsp3) is 0.444. The molecule has 6 heteroatoms. The molecule has 24 heavy (non-hydrogen) atoms. The predicted octanol–water partition coefficient (Wildman–Crippen LogP) is 3.24. The average molecular weight is 348 g/mol. The molecular formula is C18H25FN4S. The highest BCUT2D eigenvalue weighted by atomic mass is 32.1. The molecule has 0 aliphatic carbocycles. The van der Waals surface area contributed by atoms with E-state index in [0.29, 0.717) is 6.54 Å². The summed E-state index contributed by atoms with van der Waals surface area (Å²) in [5.41, 5.74) is 2.22. The maximum absolute atomic E-state index is 12.9. The van der Waals surface area contributed by atoms with Gasteiger partial charge in [-0.15, -0.1) is 11.3 Å². The van der Waals surface area contributed by atoms with Crippen molar-refractivity contribution >= 4 is 17.3 Å². The van der Waals surface area contributed by atoms with Crippen molar-refractivity contribution in [2.45, 2.75) is 33.6 Å². The van der Waals surface area contributed by atoms with Gasteiger partial charge in [-0.3, -0.25) is 4.99 Å². The molecule has 0 aliphatic heterocycles. The Morgan fingerprint density at radius 3 is 2.54 bits per heavy atom. The van der Waals surface area contributed by atoms with Crippen LogP contribution in [0.3, 0.4) is 0 Å². The summed E-state index contributed by atoms with van der Waals surface area (Å²) >= 11 is 1.74. The van der Waals surface area contributed by atoms with Gasteiger partial charge < -0.3 is 10.6 Å². The average Bonchev–Trinajstić information content (AvgIpc) is 2.87. The van der Waals surface area contributed by atoms with E-state index in [4.69, 9.17) is 0 Å². The summed E-state index contributed by atoms with van der Waals surface area (Å²) in [6.07, 6.45) is 1.68. The molecule has 4 nitrogen and oxygen atoms in total. The third kappa shape index (κ3) is 5.92. The first kappa shape index (κ1) is 18.4. The molecule has 0 aliphatic rings. The van der Waals surface area contributed by atoms with Gasteiger partial charge in [0.1, 0.15) is 5.82 Å². The molecule has 130 valence electrons. The lowest BCUT2D eigenvalue weighted by molar-refractivity contribution is 0.626. The van der Waals surface area contributed by atoms with E-state index >= 15 is 0 Å². The summed E-state index contributed by atoms with van der Waals surface area (Å²) in [5.74, 6) is 0.610. The summed E-state index contributed by atoms with van der Waals surface area (Å²) in [7, 11) is 0. The number of aryl methyl sites for hydroxylation is 2. The number of thiazole rings is 1. The summed E-state index contributed by atoms with van der Waals surface area (Å²) in [6, 6.07) is 6.61. The molecule has 1 aromatic heterocycles. The minimum Gasteiger partial charge on any atom is -0.357 e. The molecule has 0 atom stereocenters. The van der Waals surface area contributed by atoms with Gasteiger partial charge in [0.25, 0.3) is 0 Å². The van der Waals surface area contributed by atoms with E-state index < -0.39 is 0 Å². The molecule has 0 saturated heterocycles. The number of rotatable bonds is 7. The normalized spacial score (nSPS) is 11.6. The van der Waals surface area contributed by atoms with Gasteiger partial charge in [0.05, 0.1) is 10.7 Å². The van der Waals surface area contributed by atoms with Crippen LogP contribution in [0.2, 0.25) is 0 Å². The molecule has 2 N–H and O–H groups in total. The largest absolute Gasteiger partial charge is 0.357 e. The minimum atomic E-state index is -0.200. The standard InChI is InChI=1S/C18H25FN4S/c1-4-20-18(21-11-9-15-5-7-16(19)8-6-15)22-12-10-17-23-13(2)14(3)24-17/h5-8H,4,9-12H2,1-3H3,(H2,20,21,22). The van der Waals surface area contributed by atoms with Crippen molar-refractivity contribution in [1.82, 2.24) is 15.6 Å². The number of hydrogen-bond donors (Lipinski definition) is 2. The fourth-order valence-corrected chi connectivity index (χ4v) is 3.15. The first-order valence-corrected chi connectivity index (χ1v) is 9.09. The zero-order valence-corrected chi connectivity index (χ0v) is 15.3. The Morgan fingerprint density at radius 1 is 1.17 bits per heavy atom. The Labute approximate surface area is 147 Å². The van der Waals surface area contributed by atoms with Crippen LogP contribution in [0.5, 0.6) is 0 Å². The van der Waals surface area contributed by atoms with Crippen LogP contribution >= 0.6 is 11.3 Å². The highest BCUT2D eigenvalue weighted by Crippen LogP contribution is 2.16. The highest BCUT2D eigenvalue weighted by molar-refractivity contribution is 7.11. The Hall–Kier alpha value is -1.95. The molecular weight excluding hydrogens is 323 g/mol. The van der Waals surface area contributed by atoms with Crippen LogP contribution in [0.4, 0.5) is 4.39 Å².